The van der Waals surface area contributed by atoms with Gasteiger partial charge in [0.15, 0.2) is 0 Å². The second-order valence-corrected chi connectivity index (χ2v) is 10.6. The molecule has 4 rings (SSSR count). The number of likely N-dealkylation sites (tertiary alicyclic amines) is 2. The van der Waals surface area contributed by atoms with Crippen molar-refractivity contribution in [1.29, 1.82) is 0 Å². The Kier molecular flexibility index (Phi) is 9.70. The fourth-order valence-corrected chi connectivity index (χ4v) is 5.73. The fraction of sp³-hybridized carbons (Fsp3) is 0.467. The lowest BCUT2D eigenvalue weighted by Crippen LogP contribution is -2.54. The molecule has 2 fully saturated rings. The highest BCUT2D eigenvalue weighted by molar-refractivity contribution is 5.93. The number of aliphatic carboxylic acids is 1. The Hall–Kier alpha value is -3.72. The average molecular weight is 535 g/mol. The van der Waals surface area contributed by atoms with Crippen LogP contribution < -0.4 is 11.1 Å². The molecule has 0 saturated carbocycles. The van der Waals surface area contributed by atoms with Gasteiger partial charge in [0, 0.05) is 31.6 Å². The number of carbonyl (C=O) groups excluding carboxylic acids is 3. The number of hydrogen-bond acceptors (Lipinski definition) is 5. The van der Waals surface area contributed by atoms with Crippen LogP contribution in [0.3, 0.4) is 0 Å². The predicted octanol–water partition coefficient (Wildman–Crippen LogP) is 2.13. The molecule has 0 unspecified atom stereocenters. The van der Waals surface area contributed by atoms with Crippen molar-refractivity contribution in [3.8, 4) is 0 Å². The van der Waals surface area contributed by atoms with Crippen molar-refractivity contribution in [3.05, 3.63) is 71.8 Å². The molecule has 9 heteroatoms. The maximum Gasteiger partial charge on any atom is 0.305 e. The van der Waals surface area contributed by atoms with Gasteiger partial charge in [-0.3, -0.25) is 19.2 Å². The minimum absolute atomic E-state index is 0.140. The number of rotatable bonds is 11. The molecule has 2 aliphatic heterocycles. The molecule has 4 N–H and O–H groups in total. The minimum atomic E-state index is -0.999. The van der Waals surface area contributed by atoms with Gasteiger partial charge in [-0.1, -0.05) is 60.7 Å². The third kappa shape index (κ3) is 7.66. The van der Waals surface area contributed by atoms with Crippen molar-refractivity contribution in [2.75, 3.05) is 13.1 Å². The molecule has 2 aliphatic rings. The number of hydrogen-bond donors (Lipinski definition) is 3. The van der Waals surface area contributed by atoms with Crippen molar-refractivity contribution in [2.45, 2.75) is 75.5 Å². The molecule has 4 atom stereocenters. The van der Waals surface area contributed by atoms with Crippen LogP contribution in [0.4, 0.5) is 0 Å². The zero-order valence-corrected chi connectivity index (χ0v) is 22.2. The van der Waals surface area contributed by atoms with Crippen LogP contribution in [-0.4, -0.2) is 75.9 Å². The zero-order valence-electron chi connectivity index (χ0n) is 22.2. The van der Waals surface area contributed by atoms with E-state index in [4.69, 9.17) is 5.73 Å². The molecular weight excluding hydrogens is 496 g/mol. The van der Waals surface area contributed by atoms with Crippen LogP contribution in [0.2, 0.25) is 0 Å². The van der Waals surface area contributed by atoms with Gasteiger partial charge in [0.25, 0.3) is 0 Å². The first-order chi connectivity index (χ1) is 18.8. The second kappa shape index (κ2) is 13.4. The van der Waals surface area contributed by atoms with Crippen molar-refractivity contribution < 1.29 is 24.3 Å². The molecule has 0 bridgehead atoms. The number of benzene rings is 2. The Labute approximate surface area is 229 Å². The third-order valence-electron chi connectivity index (χ3n) is 7.57. The van der Waals surface area contributed by atoms with Gasteiger partial charge in [0.1, 0.15) is 12.1 Å². The van der Waals surface area contributed by atoms with Crippen LogP contribution in [0.5, 0.6) is 0 Å². The summed E-state index contributed by atoms with van der Waals surface area (Å²) in [6.45, 7) is 0.932. The van der Waals surface area contributed by atoms with Crippen LogP contribution in [0.15, 0.2) is 60.7 Å². The van der Waals surface area contributed by atoms with Gasteiger partial charge in [-0.2, -0.15) is 0 Å². The average Bonchev–Trinajstić information content (AvgIpc) is 3.59. The molecule has 3 amide bonds. The summed E-state index contributed by atoms with van der Waals surface area (Å²) in [7, 11) is 0. The minimum Gasteiger partial charge on any atom is -0.481 e. The molecule has 39 heavy (non-hydrogen) atoms. The van der Waals surface area contributed by atoms with E-state index in [1.54, 1.807) is 9.80 Å². The van der Waals surface area contributed by atoms with E-state index in [0.717, 1.165) is 17.5 Å². The van der Waals surface area contributed by atoms with E-state index < -0.39 is 24.1 Å². The van der Waals surface area contributed by atoms with E-state index in [2.05, 4.69) is 5.32 Å². The molecule has 2 saturated heterocycles. The van der Waals surface area contributed by atoms with Gasteiger partial charge in [-0.25, -0.2) is 0 Å². The fourth-order valence-electron chi connectivity index (χ4n) is 5.73. The summed E-state index contributed by atoms with van der Waals surface area (Å²) in [5, 5.41) is 12.3. The zero-order chi connectivity index (χ0) is 27.8. The SMILES string of the molecule is N[C@H](CC(=O)N1CCC[C@H]1C(=O)N1CCC[C@H]1C(=O)N[C@H](CC(=O)O)Cc1ccccc1)Cc1ccccc1. The highest BCUT2D eigenvalue weighted by Crippen LogP contribution is 2.26. The van der Waals surface area contributed by atoms with Crippen LogP contribution in [0, 0.1) is 0 Å². The lowest BCUT2D eigenvalue weighted by molar-refractivity contribution is -0.147. The van der Waals surface area contributed by atoms with Crippen molar-refractivity contribution in [1.82, 2.24) is 15.1 Å². The number of carboxylic acid groups (broad SMARTS) is 1. The quantitative estimate of drug-likeness (QED) is 0.405. The highest BCUT2D eigenvalue weighted by atomic mass is 16.4. The molecule has 0 aliphatic carbocycles. The summed E-state index contributed by atoms with van der Waals surface area (Å²) in [5.41, 5.74) is 8.26. The summed E-state index contributed by atoms with van der Waals surface area (Å²) in [6, 6.07) is 16.9. The number of carboxylic acids is 1. The summed E-state index contributed by atoms with van der Waals surface area (Å²) in [6.07, 6.45) is 3.35. The molecule has 2 aromatic rings. The van der Waals surface area contributed by atoms with Gasteiger partial charge in [-0.05, 0) is 49.7 Å². The molecule has 2 heterocycles. The molecular formula is C30H38N4O5. The van der Waals surface area contributed by atoms with Gasteiger partial charge in [0.2, 0.25) is 17.7 Å². The highest BCUT2D eigenvalue weighted by Gasteiger charge is 2.42. The number of nitrogens with zero attached hydrogens (tertiary/aromatic N) is 2. The Balaban J connectivity index is 1.37. The first-order valence-corrected chi connectivity index (χ1v) is 13.8. The van der Waals surface area contributed by atoms with Crippen molar-refractivity contribution >= 4 is 23.7 Å². The first kappa shape index (κ1) is 28.3. The van der Waals surface area contributed by atoms with E-state index in [1.807, 2.05) is 60.7 Å². The molecule has 0 aromatic heterocycles. The Bertz CT molecular complexity index is 1140. The largest absolute Gasteiger partial charge is 0.481 e. The van der Waals surface area contributed by atoms with E-state index in [9.17, 15) is 24.3 Å². The smallest absolute Gasteiger partial charge is 0.305 e. The second-order valence-electron chi connectivity index (χ2n) is 10.6. The number of nitrogens with two attached hydrogens (primary N) is 1. The molecule has 2 aromatic carbocycles. The van der Waals surface area contributed by atoms with E-state index >= 15 is 0 Å². The number of carbonyl (C=O) groups is 4. The normalized spacial score (nSPS) is 20.4. The van der Waals surface area contributed by atoms with Gasteiger partial charge >= 0.3 is 5.97 Å². The predicted molar refractivity (Wildman–Crippen MR) is 147 cm³/mol. The van der Waals surface area contributed by atoms with Crippen molar-refractivity contribution in [3.63, 3.8) is 0 Å². The maximum atomic E-state index is 13.6. The van der Waals surface area contributed by atoms with E-state index in [0.29, 0.717) is 45.2 Å². The molecule has 0 spiro atoms. The first-order valence-electron chi connectivity index (χ1n) is 13.8. The summed E-state index contributed by atoms with van der Waals surface area (Å²) in [4.78, 5) is 54.8. The topological polar surface area (TPSA) is 133 Å². The number of nitrogens with one attached hydrogen (secondary N) is 1. The summed E-state index contributed by atoms with van der Waals surface area (Å²) < 4.78 is 0. The van der Waals surface area contributed by atoms with Crippen LogP contribution in [0.25, 0.3) is 0 Å². The Morgan fingerprint density at radius 3 is 2.00 bits per heavy atom. The van der Waals surface area contributed by atoms with E-state index in [-0.39, 0.29) is 36.6 Å². The lowest BCUT2D eigenvalue weighted by atomic mass is 10.0. The monoisotopic (exact) mass is 534 g/mol. The maximum absolute atomic E-state index is 13.6. The summed E-state index contributed by atoms with van der Waals surface area (Å²) in [5.74, 6) is -1.70. The lowest BCUT2D eigenvalue weighted by Gasteiger charge is -2.32. The molecule has 0 radical (unpaired) electrons. The van der Waals surface area contributed by atoms with Crippen LogP contribution >= 0.6 is 0 Å². The summed E-state index contributed by atoms with van der Waals surface area (Å²) >= 11 is 0. The van der Waals surface area contributed by atoms with Crippen LogP contribution in [-0.2, 0) is 32.0 Å². The van der Waals surface area contributed by atoms with E-state index in [1.165, 1.54) is 0 Å². The standard InChI is InChI=1S/C30H38N4O5/c31-23(17-21-9-3-1-4-10-21)19-27(35)33-15-8-14-26(33)30(39)34-16-7-13-25(34)29(38)32-24(20-28(36)37)18-22-11-5-2-6-12-22/h1-6,9-12,23-26H,7-8,13-20,31H2,(H,32,38)(H,36,37)/t23-,24-,25-,26-/m0/s1. The number of amides is 3. The molecule has 9 nitrogen and oxygen atoms in total. The Morgan fingerprint density at radius 1 is 0.821 bits per heavy atom. The molecule has 208 valence electrons. The van der Waals surface area contributed by atoms with Gasteiger partial charge in [0.05, 0.1) is 6.42 Å². The third-order valence-corrected chi connectivity index (χ3v) is 7.57. The van der Waals surface area contributed by atoms with Crippen LogP contribution in [0.1, 0.15) is 49.7 Å². The Morgan fingerprint density at radius 2 is 1.38 bits per heavy atom. The van der Waals surface area contributed by atoms with Gasteiger partial charge < -0.3 is 26.0 Å². The van der Waals surface area contributed by atoms with Gasteiger partial charge in [-0.15, -0.1) is 0 Å². The van der Waals surface area contributed by atoms with Crippen molar-refractivity contribution in [2.24, 2.45) is 5.73 Å².